The Balaban J connectivity index is 1.67. The maximum absolute atomic E-state index is 6.58. The van der Waals surface area contributed by atoms with Gasteiger partial charge in [-0.15, -0.1) is 11.3 Å². The third kappa shape index (κ3) is 2.90. The van der Waals surface area contributed by atoms with Crippen molar-refractivity contribution in [2.75, 3.05) is 0 Å². The van der Waals surface area contributed by atoms with Gasteiger partial charge in [0.25, 0.3) is 0 Å². The van der Waals surface area contributed by atoms with E-state index in [1.165, 1.54) is 62.7 Å². The van der Waals surface area contributed by atoms with Crippen molar-refractivity contribution in [2.24, 2.45) is 17.6 Å². The normalized spacial score (nSPS) is 28.9. The lowest BCUT2D eigenvalue weighted by molar-refractivity contribution is 0.241. The molecule has 0 amide bonds. The molecule has 2 aliphatic carbocycles. The van der Waals surface area contributed by atoms with Crippen molar-refractivity contribution in [1.82, 2.24) is 0 Å². The third-order valence-corrected chi connectivity index (χ3v) is 6.66. The van der Waals surface area contributed by atoms with Crippen LogP contribution in [-0.4, -0.2) is 0 Å². The summed E-state index contributed by atoms with van der Waals surface area (Å²) in [6.45, 7) is 2.33. The molecule has 1 heterocycles. The molecule has 0 aromatic carbocycles. The van der Waals surface area contributed by atoms with Crippen molar-refractivity contribution in [3.05, 3.63) is 21.4 Å². The summed E-state index contributed by atoms with van der Waals surface area (Å²) in [6.07, 6.45) is 12.2. The monoisotopic (exact) mass is 277 g/mol. The van der Waals surface area contributed by atoms with Gasteiger partial charge in [-0.05, 0) is 62.0 Å². The molecule has 0 bridgehead atoms. The van der Waals surface area contributed by atoms with Crippen LogP contribution in [0.4, 0.5) is 0 Å². The number of thiophene rings is 1. The third-order valence-electron chi connectivity index (χ3n) is 5.32. The highest BCUT2D eigenvalue weighted by Gasteiger charge is 2.27. The molecule has 1 atom stereocenters. The fourth-order valence-electron chi connectivity index (χ4n) is 3.87. The first-order valence-electron chi connectivity index (χ1n) is 8.15. The van der Waals surface area contributed by atoms with Crippen molar-refractivity contribution in [3.63, 3.8) is 0 Å². The number of aryl methyl sites for hydroxylation is 2. The Morgan fingerprint density at radius 2 is 1.95 bits per heavy atom. The van der Waals surface area contributed by atoms with Crippen LogP contribution in [0, 0.1) is 11.8 Å². The van der Waals surface area contributed by atoms with E-state index in [-0.39, 0.29) is 0 Å². The minimum Gasteiger partial charge on any atom is -0.323 e. The van der Waals surface area contributed by atoms with Gasteiger partial charge in [0.2, 0.25) is 0 Å². The fraction of sp³-hybridized carbons (Fsp3) is 0.765. The quantitative estimate of drug-likeness (QED) is 0.840. The van der Waals surface area contributed by atoms with Crippen molar-refractivity contribution in [2.45, 2.75) is 70.8 Å². The van der Waals surface area contributed by atoms with Crippen LogP contribution in [0.3, 0.4) is 0 Å². The van der Waals surface area contributed by atoms with Gasteiger partial charge in [-0.25, -0.2) is 0 Å². The van der Waals surface area contributed by atoms with Gasteiger partial charge in [-0.1, -0.05) is 26.2 Å². The van der Waals surface area contributed by atoms with E-state index in [1.54, 1.807) is 10.4 Å². The van der Waals surface area contributed by atoms with Gasteiger partial charge in [0.15, 0.2) is 0 Å². The predicted octanol–water partition coefficient (Wildman–Crippen LogP) is 4.84. The molecular formula is C17H27NS. The van der Waals surface area contributed by atoms with E-state index < -0.39 is 0 Å². The molecule has 106 valence electrons. The second kappa shape index (κ2) is 5.97. The average Bonchev–Trinajstić information content (AvgIpc) is 2.90. The number of hydrogen-bond acceptors (Lipinski definition) is 2. The van der Waals surface area contributed by atoms with Crippen LogP contribution in [0.2, 0.25) is 0 Å². The molecule has 19 heavy (non-hydrogen) atoms. The summed E-state index contributed by atoms with van der Waals surface area (Å²) in [7, 11) is 0. The Hall–Kier alpha value is -0.340. The summed E-state index contributed by atoms with van der Waals surface area (Å²) >= 11 is 2.02. The topological polar surface area (TPSA) is 26.0 Å². The number of nitrogens with two attached hydrogens (primary N) is 1. The lowest BCUT2D eigenvalue weighted by Crippen LogP contribution is -2.25. The van der Waals surface area contributed by atoms with Crippen LogP contribution < -0.4 is 5.73 Å². The zero-order chi connectivity index (χ0) is 13.2. The molecule has 0 radical (unpaired) electrons. The zero-order valence-electron chi connectivity index (χ0n) is 12.2. The van der Waals surface area contributed by atoms with E-state index >= 15 is 0 Å². The van der Waals surface area contributed by atoms with Crippen molar-refractivity contribution in [3.8, 4) is 0 Å². The van der Waals surface area contributed by atoms with Crippen molar-refractivity contribution in [1.29, 1.82) is 0 Å². The number of fused-ring (bicyclic) bond motifs is 1. The van der Waals surface area contributed by atoms with Crippen LogP contribution in [0.5, 0.6) is 0 Å². The summed E-state index contributed by atoms with van der Waals surface area (Å²) in [5, 5.41) is 0. The zero-order valence-corrected chi connectivity index (χ0v) is 13.0. The van der Waals surface area contributed by atoms with Gasteiger partial charge in [-0.2, -0.15) is 0 Å². The van der Waals surface area contributed by atoms with E-state index in [1.807, 2.05) is 11.3 Å². The summed E-state index contributed by atoms with van der Waals surface area (Å²) in [4.78, 5) is 3.12. The van der Waals surface area contributed by atoms with Crippen LogP contribution in [0.15, 0.2) is 6.07 Å². The summed E-state index contributed by atoms with van der Waals surface area (Å²) < 4.78 is 0. The molecule has 1 aromatic rings. The maximum atomic E-state index is 6.58. The van der Waals surface area contributed by atoms with Crippen LogP contribution in [0.25, 0.3) is 0 Å². The summed E-state index contributed by atoms with van der Waals surface area (Å²) in [5.74, 6) is 1.71. The summed E-state index contributed by atoms with van der Waals surface area (Å²) in [6, 6.07) is 2.75. The van der Waals surface area contributed by atoms with Crippen LogP contribution >= 0.6 is 11.3 Å². The van der Waals surface area contributed by atoms with Gasteiger partial charge in [0.1, 0.15) is 0 Å². The first-order valence-corrected chi connectivity index (χ1v) is 8.96. The molecule has 0 aliphatic heterocycles. The van der Waals surface area contributed by atoms with Crippen LogP contribution in [0.1, 0.15) is 73.2 Å². The van der Waals surface area contributed by atoms with Gasteiger partial charge < -0.3 is 5.73 Å². The van der Waals surface area contributed by atoms with E-state index in [4.69, 9.17) is 5.73 Å². The van der Waals surface area contributed by atoms with E-state index in [0.29, 0.717) is 6.04 Å². The molecule has 2 heteroatoms. The average molecular weight is 277 g/mol. The second-order valence-corrected chi connectivity index (χ2v) is 7.69. The van der Waals surface area contributed by atoms with E-state index in [2.05, 4.69) is 13.0 Å². The molecule has 1 nitrogen and oxygen atoms in total. The van der Waals surface area contributed by atoms with Gasteiger partial charge in [0, 0.05) is 15.8 Å². The van der Waals surface area contributed by atoms with Crippen LogP contribution in [-0.2, 0) is 12.8 Å². The molecule has 1 fully saturated rings. The second-order valence-electron chi connectivity index (χ2n) is 6.52. The Bertz CT molecular complexity index is 391. The molecule has 1 unspecified atom stereocenters. The predicted molar refractivity (Wildman–Crippen MR) is 83.6 cm³/mol. The standard InChI is InChI=1S/C17H27NS/c1-2-12-7-9-13(10-8-12)17(18)16-11-14-5-3-4-6-15(14)19-16/h11-13,17H,2-10,18H2,1H3. The van der Waals surface area contributed by atoms with Crippen molar-refractivity contribution < 1.29 is 0 Å². The molecule has 3 rings (SSSR count). The van der Waals surface area contributed by atoms with Crippen molar-refractivity contribution >= 4 is 11.3 Å². The van der Waals surface area contributed by atoms with Gasteiger partial charge in [-0.3, -0.25) is 0 Å². The molecule has 1 aromatic heterocycles. The Morgan fingerprint density at radius 3 is 2.63 bits per heavy atom. The lowest BCUT2D eigenvalue weighted by Gasteiger charge is -2.31. The van der Waals surface area contributed by atoms with Gasteiger partial charge >= 0.3 is 0 Å². The first-order chi connectivity index (χ1) is 9.28. The Kier molecular flexibility index (Phi) is 4.28. The van der Waals surface area contributed by atoms with E-state index in [0.717, 1.165) is 11.8 Å². The molecular weight excluding hydrogens is 250 g/mol. The Labute approximate surface area is 121 Å². The lowest BCUT2D eigenvalue weighted by atomic mass is 9.77. The first kappa shape index (κ1) is 13.6. The number of rotatable bonds is 3. The highest BCUT2D eigenvalue weighted by molar-refractivity contribution is 7.12. The Morgan fingerprint density at radius 1 is 1.21 bits per heavy atom. The largest absolute Gasteiger partial charge is 0.323 e. The fourth-order valence-corrected chi connectivity index (χ4v) is 5.22. The van der Waals surface area contributed by atoms with Gasteiger partial charge in [0.05, 0.1) is 0 Å². The number of hydrogen-bond donors (Lipinski definition) is 1. The molecule has 0 saturated heterocycles. The molecule has 2 N–H and O–H groups in total. The summed E-state index contributed by atoms with van der Waals surface area (Å²) in [5.41, 5.74) is 8.19. The highest BCUT2D eigenvalue weighted by Crippen LogP contribution is 2.40. The maximum Gasteiger partial charge on any atom is 0.0418 e. The minimum absolute atomic E-state index is 0.313. The molecule has 0 spiro atoms. The smallest absolute Gasteiger partial charge is 0.0418 e. The molecule has 1 saturated carbocycles. The SMILES string of the molecule is CCC1CCC(C(N)c2cc3c(s2)CCCC3)CC1. The minimum atomic E-state index is 0.313. The van der Waals surface area contributed by atoms with E-state index in [9.17, 15) is 0 Å². The highest BCUT2D eigenvalue weighted by atomic mass is 32.1. The molecule has 2 aliphatic rings.